The van der Waals surface area contributed by atoms with E-state index in [4.69, 9.17) is 39.8 Å². The molecule has 0 fully saturated rings. The van der Waals surface area contributed by atoms with Crippen molar-refractivity contribution in [1.82, 2.24) is 10.3 Å². The average Bonchev–Trinajstić information content (AvgIpc) is 3.49. The number of rotatable bonds is 4. The van der Waals surface area contributed by atoms with Gasteiger partial charge in [-0.05, 0) is 60.7 Å². The fraction of sp³-hybridized carbons (Fsp3) is 0. The summed E-state index contributed by atoms with van der Waals surface area (Å²) in [6.07, 6.45) is 0. The van der Waals surface area contributed by atoms with E-state index < -0.39 is 5.91 Å². The van der Waals surface area contributed by atoms with Crippen molar-refractivity contribution >= 4 is 89.6 Å². The Labute approximate surface area is 228 Å². The van der Waals surface area contributed by atoms with Gasteiger partial charge in [0.15, 0.2) is 10.9 Å². The van der Waals surface area contributed by atoms with Gasteiger partial charge in [0.2, 0.25) is 0 Å². The number of para-hydroxylation sites is 1. The Morgan fingerprint density at radius 3 is 2.54 bits per heavy atom. The van der Waals surface area contributed by atoms with E-state index >= 15 is 0 Å². The number of nitrogens with zero attached hydrogens (tertiary/aromatic N) is 1. The van der Waals surface area contributed by atoms with Gasteiger partial charge in [0, 0.05) is 15.6 Å². The number of fused-ring (bicyclic) bond motifs is 1. The summed E-state index contributed by atoms with van der Waals surface area (Å²) in [5.41, 5.74) is 2.93. The molecular formula is C25H14BrCl2N3O2S2. The van der Waals surface area contributed by atoms with Crippen molar-refractivity contribution in [1.29, 1.82) is 0 Å². The fourth-order valence-corrected chi connectivity index (χ4v) is 5.38. The number of thiocarbonyl (C=S) groups is 1. The molecule has 0 saturated carbocycles. The molecule has 1 amide bonds. The second kappa shape index (κ2) is 10.1. The standard InChI is InChI=1S/C25H14BrCl2N3O2S2/c26-14-7-5-13(6-8-14)20-9-10-21(33-20)23(32)31-25(34)30-19-11-15(16(27)12-17(19)28)24-29-18-3-1-2-4-22(18)35-24/h1-12H,(H2,30,31,32,34). The van der Waals surface area contributed by atoms with Gasteiger partial charge in [-0.2, -0.15) is 0 Å². The Morgan fingerprint density at radius 1 is 1.00 bits per heavy atom. The molecule has 35 heavy (non-hydrogen) atoms. The number of carbonyl (C=O) groups excluding carboxylic acids is 1. The van der Waals surface area contributed by atoms with Gasteiger partial charge in [-0.1, -0.05) is 63.4 Å². The number of aromatic nitrogens is 1. The van der Waals surface area contributed by atoms with Gasteiger partial charge in [-0.15, -0.1) is 11.3 Å². The van der Waals surface area contributed by atoms with Crippen molar-refractivity contribution in [2.24, 2.45) is 0 Å². The molecule has 174 valence electrons. The quantitative estimate of drug-likeness (QED) is 0.202. The molecular weight excluding hydrogens is 589 g/mol. The normalized spacial score (nSPS) is 10.9. The Hall–Kier alpha value is -2.75. The summed E-state index contributed by atoms with van der Waals surface area (Å²) in [4.78, 5) is 17.3. The molecule has 0 saturated heterocycles. The van der Waals surface area contributed by atoms with Gasteiger partial charge in [0.05, 0.1) is 25.9 Å². The maximum Gasteiger partial charge on any atom is 0.293 e. The van der Waals surface area contributed by atoms with E-state index in [2.05, 4.69) is 31.5 Å². The van der Waals surface area contributed by atoms with Crippen LogP contribution in [0.3, 0.4) is 0 Å². The highest BCUT2D eigenvalue weighted by Gasteiger charge is 2.17. The van der Waals surface area contributed by atoms with Crippen LogP contribution < -0.4 is 10.6 Å². The predicted molar refractivity (Wildman–Crippen MR) is 151 cm³/mol. The number of anilines is 1. The maximum absolute atomic E-state index is 12.7. The van der Waals surface area contributed by atoms with Gasteiger partial charge in [-0.25, -0.2) is 4.98 Å². The third kappa shape index (κ3) is 5.27. The second-order valence-electron chi connectivity index (χ2n) is 7.38. The number of benzene rings is 3. The Kier molecular flexibility index (Phi) is 6.91. The Balaban J connectivity index is 1.32. The molecule has 0 bridgehead atoms. The molecule has 0 unspecified atom stereocenters. The maximum atomic E-state index is 12.7. The fourth-order valence-electron chi connectivity index (χ4n) is 3.34. The van der Waals surface area contributed by atoms with Crippen LogP contribution in [0.2, 0.25) is 10.0 Å². The zero-order chi connectivity index (χ0) is 24.5. The van der Waals surface area contributed by atoms with Crippen molar-refractivity contribution in [2.75, 3.05) is 5.32 Å². The highest BCUT2D eigenvalue weighted by atomic mass is 79.9. The number of thiazole rings is 1. The molecule has 0 spiro atoms. The van der Waals surface area contributed by atoms with Crippen LogP contribution in [0, 0.1) is 0 Å². The number of amides is 1. The van der Waals surface area contributed by atoms with Crippen LogP contribution in [0.5, 0.6) is 0 Å². The molecule has 2 aromatic heterocycles. The van der Waals surface area contributed by atoms with Crippen molar-refractivity contribution in [3.8, 4) is 21.9 Å². The first-order chi connectivity index (χ1) is 16.9. The van der Waals surface area contributed by atoms with Crippen LogP contribution in [-0.4, -0.2) is 16.0 Å². The van der Waals surface area contributed by atoms with E-state index in [0.717, 1.165) is 25.3 Å². The molecule has 2 heterocycles. The average molecular weight is 603 g/mol. The number of hydrogen-bond donors (Lipinski definition) is 2. The van der Waals surface area contributed by atoms with Crippen molar-refractivity contribution in [3.63, 3.8) is 0 Å². The summed E-state index contributed by atoms with van der Waals surface area (Å²) in [6.45, 7) is 0. The minimum Gasteiger partial charge on any atom is -0.451 e. The molecule has 2 N–H and O–H groups in total. The summed E-state index contributed by atoms with van der Waals surface area (Å²) in [6, 6.07) is 22.1. The highest BCUT2D eigenvalue weighted by Crippen LogP contribution is 2.39. The smallest absolute Gasteiger partial charge is 0.293 e. The third-order valence-corrected chi connectivity index (χ3v) is 7.44. The lowest BCUT2D eigenvalue weighted by molar-refractivity contribution is 0.0951. The minimum absolute atomic E-state index is 0.0658. The third-order valence-electron chi connectivity index (χ3n) is 5.01. The van der Waals surface area contributed by atoms with Crippen molar-refractivity contribution in [2.45, 2.75) is 0 Å². The van der Waals surface area contributed by atoms with Crippen LogP contribution in [-0.2, 0) is 0 Å². The number of furan rings is 1. The largest absolute Gasteiger partial charge is 0.451 e. The summed E-state index contributed by atoms with van der Waals surface area (Å²) in [5, 5.41) is 7.22. The summed E-state index contributed by atoms with van der Waals surface area (Å²) < 4.78 is 7.70. The minimum atomic E-state index is -0.484. The molecule has 0 aliphatic rings. The molecule has 5 aromatic rings. The van der Waals surface area contributed by atoms with E-state index in [1.54, 1.807) is 24.3 Å². The highest BCUT2D eigenvalue weighted by molar-refractivity contribution is 9.10. The molecule has 10 heteroatoms. The van der Waals surface area contributed by atoms with Gasteiger partial charge in [0.1, 0.15) is 10.8 Å². The summed E-state index contributed by atoms with van der Waals surface area (Å²) >= 11 is 23.1. The monoisotopic (exact) mass is 601 g/mol. The Morgan fingerprint density at radius 2 is 1.77 bits per heavy atom. The lowest BCUT2D eigenvalue weighted by Crippen LogP contribution is -2.34. The van der Waals surface area contributed by atoms with E-state index in [0.29, 0.717) is 27.1 Å². The number of hydrogen-bond acceptors (Lipinski definition) is 5. The zero-order valence-corrected chi connectivity index (χ0v) is 22.4. The van der Waals surface area contributed by atoms with Crippen LogP contribution in [0.4, 0.5) is 5.69 Å². The van der Waals surface area contributed by atoms with Crippen molar-refractivity contribution < 1.29 is 9.21 Å². The molecule has 3 aromatic carbocycles. The first-order valence-corrected chi connectivity index (χ1v) is 13.0. The van der Waals surface area contributed by atoms with E-state index in [-0.39, 0.29) is 10.9 Å². The molecule has 5 nitrogen and oxygen atoms in total. The van der Waals surface area contributed by atoms with Gasteiger partial charge >= 0.3 is 0 Å². The van der Waals surface area contributed by atoms with E-state index in [1.807, 2.05) is 48.5 Å². The molecule has 0 radical (unpaired) electrons. The van der Waals surface area contributed by atoms with Gasteiger partial charge in [0.25, 0.3) is 5.91 Å². The SMILES string of the molecule is O=C(NC(=S)Nc1cc(-c2nc3ccccc3s2)c(Cl)cc1Cl)c1ccc(-c2ccc(Br)cc2)o1. The number of nitrogens with one attached hydrogen (secondary N) is 2. The molecule has 0 aliphatic carbocycles. The molecule has 5 rings (SSSR count). The Bertz CT molecular complexity index is 1550. The van der Waals surface area contributed by atoms with E-state index in [1.165, 1.54) is 11.3 Å². The van der Waals surface area contributed by atoms with Crippen molar-refractivity contribution in [3.05, 3.63) is 93.1 Å². The van der Waals surface area contributed by atoms with Gasteiger partial charge in [-0.3, -0.25) is 10.1 Å². The number of halogens is 3. The van der Waals surface area contributed by atoms with Crippen LogP contribution in [0.15, 0.2) is 81.7 Å². The second-order valence-corrected chi connectivity index (χ2v) is 10.5. The topological polar surface area (TPSA) is 67.2 Å². The lowest BCUT2D eigenvalue weighted by Gasteiger charge is -2.12. The van der Waals surface area contributed by atoms with Crippen LogP contribution in [0.25, 0.3) is 32.1 Å². The first kappa shape index (κ1) is 24.0. The van der Waals surface area contributed by atoms with Crippen LogP contribution >= 0.6 is 62.7 Å². The number of carbonyl (C=O) groups is 1. The first-order valence-electron chi connectivity index (χ1n) is 10.2. The zero-order valence-electron chi connectivity index (χ0n) is 17.6. The lowest BCUT2D eigenvalue weighted by atomic mass is 10.2. The predicted octanol–water partition coefficient (Wildman–Crippen LogP) is 8.42. The van der Waals surface area contributed by atoms with Gasteiger partial charge < -0.3 is 9.73 Å². The van der Waals surface area contributed by atoms with Crippen LogP contribution in [0.1, 0.15) is 10.6 Å². The summed E-state index contributed by atoms with van der Waals surface area (Å²) in [5.74, 6) is 0.217. The van der Waals surface area contributed by atoms with E-state index in [9.17, 15) is 4.79 Å². The molecule has 0 aliphatic heterocycles. The summed E-state index contributed by atoms with van der Waals surface area (Å²) in [7, 11) is 0. The molecule has 0 atom stereocenters.